The molecule has 6 aromatic rings. The summed E-state index contributed by atoms with van der Waals surface area (Å²) in [6, 6.07) is 48.0. The number of hydrogen-bond donors (Lipinski definition) is 0. The van der Waals surface area contributed by atoms with Gasteiger partial charge < -0.3 is 4.57 Å². The molecular formula is C36H25NO2. The van der Waals surface area contributed by atoms with Gasteiger partial charge in [-0.1, -0.05) is 140 Å². The van der Waals surface area contributed by atoms with Crippen molar-refractivity contribution in [3.63, 3.8) is 0 Å². The van der Waals surface area contributed by atoms with E-state index in [1.54, 1.807) is 24.3 Å². The van der Waals surface area contributed by atoms with Gasteiger partial charge in [-0.3, -0.25) is 9.59 Å². The number of hydrogen-bond acceptors (Lipinski definition) is 2. The molecule has 39 heavy (non-hydrogen) atoms. The van der Waals surface area contributed by atoms with Gasteiger partial charge in [-0.25, -0.2) is 0 Å². The summed E-state index contributed by atoms with van der Waals surface area (Å²) in [5.41, 5.74) is 5.91. The lowest BCUT2D eigenvalue weighted by Crippen LogP contribution is -2.15. The number of para-hydroxylation sites is 1. The number of aromatic nitrogens is 1. The fourth-order valence-corrected chi connectivity index (χ4v) is 5.06. The lowest BCUT2D eigenvalue weighted by molar-refractivity contribution is 0.1000. The van der Waals surface area contributed by atoms with Crippen LogP contribution in [0.4, 0.5) is 0 Å². The fraction of sp³-hybridized carbons (Fsp3) is 0. The third-order valence-corrected chi connectivity index (χ3v) is 6.81. The first-order valence-corrected chi connectivity index (χ1v) is 12.9. The molecule has 0 radical (unpaired) electrons. The molecule has 6 rings (SSSR count). The summed E-state index contributed by atoms with van der Waals surface area (Å²) in [7, 11) is 0. The van der Waals surface area contributed by atoms with Crippen LogP contribution in [0.2, 0.25) is 0 Å². The van der Waals surface area contributed by atoms with E-state index in [1.807, 2.05) is 132 Å². The Balaban J connectivity index is 1.81. The summed E-state index contributed by atoms with van der Waals surface area (Å²) < 4.78 is 1.96. The Labute approximate surface area is 227 Å². The third kappa shape index (κ3) is 4.51. The highest BCUT2D eigenvalue weighted by atomic mass is 16.1. The third-order valence-electron chi connectivity index (χ3n) is 6.81. The molecule has 0 aliphatic carbocycles. The number of rotatable bonds is 7. The van der Waals surface area contributed by atoms with Gasteiger partial charge >= 0.3 is 0 Å². The molecule has 1 aromatic heterocycles. The van der Waals surface area contributed by atoms with Crippen LogP contribution in [0.15, 0.2) is 152 Å². The molecule has 0 saturated heterocycles. The molecular weight excluding hydrogens is 478 g/mol. The van der Waals surface area contributed by atoms with E-state index < -0.39 is 0 Å². The van der Waals surface area contributed by atoms with E-state index in [-0.39, 0.29) is 11.6 Å². The Kier molecular flexibility index (Phi) is 6.55. The van der Waals surface area contributed by atoms with Gasteiger partial charge in [0.2, 0.25) is 5.78 Å². The van der Waals surface area contributed by atoms with E-state index in [0.717, 1.165) is 28.1 Å². The van der Waals surface area contributed by atoms with Crippen LogP contribution < -0.4 is 0 Å². The molecule has 0 amide bonds. The monoisotopic (exact) mass is 503 g/mol. The zero-order valence-corrected chi connectivity index (χ0v) is 21.2. The van der Waals surface area contributed by atoms with Gasteiger partial charge in [0.05, 0.1) is 11.3 Å². The normalized spacial score (nSPS) is 10.8. The number of carbonyl (C=O) groups is 2. The molecule has 0 N–H and O–H groups in total. The number of ketones is 2. The largest absolute Gasteiger partial charge is 0.305 e. The molecule has 186 valence electrons. The lowest BCUT2D eigenvalue weighted by Gasteiger charge is -2.15. The van der Waals surface area contributed by atoms with Crippen molar-refractivity contribution in [3.8, 4) is 28.1 Å². The maximum atomic E-state index is 14.5. The van der Waals surface area contributed by atoms with Crippen LogP contribution in [0.25, 0.3) is 28.1 Å². The van der Waals surface area contributed by atoms with E-state index in [2.05, 4.69) is 0 Å². The molecule has 0 aliphatic heterocycles. The first-order chi connectivity index (χ1) is 19.2. The van der Waals surface area contributed by atoms with Gasteiger partial charge in [-0.2, -0.15) is 0 Å². The van der Waals surface area contributed by atoms with E-state index in [0.29, 0.717) is 22.4 Å². The molecule has 3 nitrogen and oxygen atoms in total. The molecule has 3 heteroatoms. The molecule has 0 aliphatic rings. The zero-order chi connectivity index (χ0) is 26.6. The van der Waals surface area contributed by atoms with Gasteiger partial charge in [0.15, 0.2) is 5.78 Å². The fourth-order valence-electron chi connectivity index (χ4n) is 5.06. The molecule has 0 fully saturated rings. The number of nitrogens with zero attached hydrogens (tertiary/aromatic N) is 1. The Bertz CT molecular complexity index is 1630. The Hall–Kier alpha value is -5.28. The van der Waals surface area contributed by atoms with Crippen LogP contribution in [0.3, 0.4) is 0 Å². The molecule has 5 aromatic carbocycles. The zero-order valence-electron chi connectivity index (χ0n) is 21.2. The van der Waals surface area contributed by atoms with E-state index >= 15 is 0 Å². The second kappa shape index (κ2) is 10.6. The molecule has 1 heterocycles. The van der Waals surface area contributed by atoms with Crippen LogP contribution in [-0.4, -0.2) is 16.1 Å². The van der Waals surface area contributed by atoms with Crippen LogP contribution in [0.1, 0.15) is 32.0 Å². The number of carbonyl (C=O) groups excluding carboxylic acids is 2. The summed E-state index contributed by atoms with van der Waals surface area (Å²) >= 11 is 0. The summed E-state index contributed by atoms with van der Waals surface area (Å²) in [5.74, 6) is -0.404. The van der Waals surface area contributed by atoms with Crippen LogP contribution >= 0.6 is 0 Å². The molecule has 0 bridgehead atoms. The lowest BCUT2D eigenvalue weighted by atomic mass is 9.91. The summed E-state index contributed by atoms with van der Waals surface area (Å²) in [6.07, 6.45) is 0. The SMILES string of the molecule is O=C(c1ccccc1)c1c(-c2ccccc2)c(-c2ccccc2)n(-c2ccccc2)c1C(=O)c1ccccc1. The van der Waals surface area contributed by atoms with E-state index in [1.165, 1.54) is 0 Å². The maximum Gasteiger partial charge on any atom is 0.210 e. The van der Waals surface area contributed by atoms with Crippen LogP contribution in [0.5, 0.6) is 0 Å². The van der Waals surface area contributed by atoms with Crippen molar-refractivity contribution in [2.45, 2.75) is 0 Å². The topological polar surface area (TPSA) is 39.1 Å². The maximum absolute atomic E-state index is 14.5. The molecule has 0 spiro atoms. The smallest absolute Gasteiger partial charge is 0.210 e. The predicted octanol–water partition coefficient (Wildman–Crippen LogP) is 8.27. The Morgan fingerprint density at radius 1 is 0.436 bits per heavy atom. The van der Waals surface area contributed by atoms with Gasteiger partial charge in [0.25, 0.3) is 0 Å². The summed E-state index contributed by atoms with van der Waals surface area (Å²) in [4.78, 5) is 28.9. The quantitative estimate of drug-likeness (QED) is 0.206. The summed E-state index contributed by atoms with van der Waals surface area (Å²) in [5, 5.41) is 0. The van der Waals surface area contributed by atoms with Gasteiger partial charge in [0, 0.05) is 22.4 Å². The van der Waals surface area contributed by atoms with Crippen molar-refractivity contribution in [2.24, 2.45) is 0 Å². The average molecular weight is 504 g/mol. The van der Waals surface area contributed by atoms with E-state index in [9.17, 15) is 9.59 Å². The molecule has 0 unspecified atom stereocenters. The second-order valence-corrected chi connectivity index (χ2v) is 9.24. The van der Waals surface area contributed by atoms with Crippen LogP contribution in [0, 0.1) is 0 Å². The highest BCUT2D eigenvalue weighted by Gasteiger charge is 2.33. The molecule has 0 saturated carbocycles. The Morgan fingerprint density at radius 3 is 1.36 bits per heavy atom. The molecule has 0 atom stereocenters. The minimum Gasteiger partial charge on any atom is -0.305 e. The number of benzene rings is 5. The Morgan fingerprint density at radius 2 is 0.846 bits per heavy atom. The van der Waals surface area contributed by atoms with Crippen molar-refractivity contribution in [1.82, 2.24) is 4.57 Å². The van der Waals surface area contributed by atoms with Gasteiger partial charge in [0.1, 0.15) is 5.69 Å². The van der Waals surface area contributed by atoms with Crippen molar-refractivity contribution < 1.29 is 9.59 Å². The predicted molar refractivity (Wildman–Crippen MR) is 156 cm³/mol. The minimum atomic E-state index is -0.210. The van der Waals surface area contributed by atoms with Gasteiger partial charge in [-0.15, -0.1) is 0 Å². The highest BCUT2D eigenvalue weighted by Crippen LogP contribution is 2.43. The highest BCUT2D eigenvalue weighted by molar-refractivity contribution is 6.24. The van der Waals surface area contributed by atoms with Crippen LogP contribution in [-0.2, 0) is 0 Å². The van der Waals surface area contributed by atoms with E-state index in [4.69, 9.17) is 0 Å². The van der Waals surface area contributed by atoms with Crippen molar-refractivity contribution in [3.05, 3.63) is 174 Å². The van der Waals surface area contributed by atoms with Crippen molar-refractivity contribution >= 4 is 11.6 Å². The average Bonchev–Trinajstić information content (AvgIpc) is 3.38. The second-order valence-electron chi connectivity index (χ2n) is 9.24. The first kappa shape index (κ1) is 24.1. The van der Waals surface area contributed by atoms with Gasteiger partial charge in [-0.05, 0) is 23.3 Å². The van der Waals surface area contributed by atoms with Crippen molar-refractivity contribution in [1.29, 1.82) is 0 Å². The first-order valence-electron chi connectivity index (χ1n) is 12.9. The summed E-state index contributed by atoms with van der Waals surface area (Å²) in [6.45, 7) is 0. The minimum absolute atomic E-state index is 0.194. The standard InChI is InChI=1S/C36H25NO2/c38-35(28-20-10-3-11-21-28)32-31(26-16-6-1-7-17-26)33(27-18-8-2-9-19-27)37(30-24-14-5-15-25-30)34(32)36(39)29-22-12-4-13-23-29/h1-25H. The van der Waals surface area contributed by atoms with Crippen molar-refractivity contribution in [2.75, 3.05) is 0 Å².